The Labute approximate surface area is 184 Å². The Hall–Kier alpha value is -3.64. The fourth-order valence-electron chi connectivity index (χ4n) is 3.05. The smallest absolute Gasteiger partial charge is 0.280 e. The van der Waals surface area contributed by atoms with Crippen molar-refractivity contribution in [2.75, 3.05) is 7.11 Å². The van der Waals surface area contributed by atoms with Gasteiger partial charge in [0.05, 0.1) is 17.6 Å². The molecule has 3 aromatic carbocycles. The second kappa shape index (κ2) is 9.91. The summed E-state index contributed by atoms with van der Waals surface area (Å²) in [6.07, 6.45) is 2.92. The van der Waals surface area contributed by atoms with E-state index < -0.39 is 10.7 Å². The third kappa shape index (κ3) is 5.49. The van der Waals surface area contributed by atoms with E-state index in [0.717, 1.165) is 16.7 Å². The largest absolute Gasteiger partial charge is 0.496 e. The van der Waals surface area contributed by atoms with E-state index in [2.05, 4.69) is 0 Å². The molecule has 7 heteroatoms. The van der Waals surface area contributed by atoms with Gasteiger partial charge in [-0.25, -0.2) is 0 Å². The van der Waals surface area contributed by atoms with Crippen LogP contribution in [0.25, 0.3) is 6.08 Å². The van der Waals surface area contributed by atoms with E-state index in [1.165, 1.54) is 24.3 Å². The van der Waals surface area contributed by atoms with Gasteiger partial charge in [-0.1, -0.05) is 35.9 Å². The highest BCUT2D eigenvalue weighted by atomic mass is 35.5. The van der Waals surface area contributed by atoms with Gasteiger partial charge in [0.25, 0.3) is 5.69 Å². The summed E-state index contributed by atoms with van der Waals surface area (Å²) in [4.78, 5) is 23.0. The number of rotatable bonds is 8. The van der Waals surface area contributed by atoms with E-state index in [0.29, 0.717) is 16.5 Å². The van der Waals surface area contributed by atoms with Crippen LogP contribution >= 0.6 is 11.6 Å². The number of hydrogen-bond acceptors (Lipinski definition) is 5. The first kappa shape index (κ1) is 22.1. The monoisotopic (exact) mass is 437 g/mol. The molecule has 0 saturated carbocycles. The van der Waals surface area contributed by atoms with E-state index in [4.69, 9.17) is 21.1 Å². The number of aryl methyl sites for hydroxylation is 1. The van der Waals surface area contributed by atoms with Crippen LogP contribution in [0, 0.1) is 17.0 Å². The second-order valence-corrected chi connectivity index (χ2v) is 7.18. The zero-order chi connectivity index (χ0) is 22.4. The lowest BCUT2D eigenvalue weighted by Crippen LogP contribution is -2.01. The summed E-state index contributed by atoms with van der Waals surface area (Å²) >= 11 is 5.99. The van der Waals surface area contributed by atoms with Crippen molar-refractivity contribution in [3.63, 3.8) is 0 Å². The lowest BCUT2D eigenvalue weighted by atomic mass is 10.1. The summed E-state index contributed by atoms with van der Waals surface area (Å²) in [6.45, 7) is 2.16. The van der Waals surface area contributed by atoms with E-state index in [1.807, 2.05) is 19.1 Å². The van der Waals surface area contributed by atoms with Gasteiger partial charge >= 0.3 is 0 Å². The minimum atomic E-state index is -0.567. The van der Waals surface area contributed by atoms with E-state index in [-0.39, 0.29) is 17.9 Å². The molecule has 0 N–H and O–H groups in total. The predicted octanol–water partition coefficient (Wildman–Crippen LogP) is 6.04. The summed E-state index contributed by atoms with van der Waals surface area (Å²) < 4.78 is 11.3. The number of benzene rings is 3. The quantitative estimate of drug-likeness (QED) is 0.186. The van der Waals surface area contributed by atoms with Gasteiger partial charge in [-0.3, -0.25) is 14.9 Å². The molecule has 6 nitrogen and oxygen atoms in total. The molecule has 0 amide bonds. The zero-order valence-electron chi connectivity index (χ0n) is 17.0. The summed E-state index contributed by atoms with van der Waals surface area (Å²) in [5.41, 5.74) is 2.26. The molecule has 0 bridgehead atoms. The van der Waals surface area contributed by atoms with Crippen molar-refractivity contribution in [2.45, 2.75) is 13.5 Å². The number of nitro groups is 1. The number of carbonyl (C=O) groups excluding carboxylic acids is 1. The summed E-state index contributed by atoms with van der Waals surface area (Å²) in [6, 6.07) is 16.7. The molecular formula is C24H20ClNO5. The van der Waals surface area contributed by atoms with Gasteiger partial charge in [-0.05, 0) is 60.5 Å². The molecule has 0 unspecified atom stereocenters. The Bertz CT molecular complexity index is 1160. The van der Waals surface area contributed by atoms with Crippen molar-refractivity contribution >= 4 is 29.1 Å². The molecule has 0 heterocycles. The third-order valence-corrected chi connectivity index (χ3v) is 4.85. The predicted molar refractivity (Wildman–Crippen MR) is 120 cm³/mol. The maximum atomic E-state index is 12.5. The number of carbonyl (C=O) groups is 1. The van der Waals surface area contributed by atoms with Crippen molar-refractivity contribution in [2.24, 2.45) is 0 Å². The van der Waals surface area contributed by atoms with Crippen LogP contribution in [-0.4, -0.2) is 17.8 Å². The molecule has 0 aliphatic heterocycles. The van der Waals surface area contributed by atoms with Crippen LogP contribution in [0.1, 0.15) is 27.0 Å². The van der Waals surface area contributed by atoms with Crippen molar-refractivity contribution in [3.8, 4) is 11.5 Å². The van der Waals surface area contributed by atoms with Gasteiger partial charge in [0.1, 0.15) is 18.1 Å². The standard InChI is InChI=1S/C24H20ClNO5/c1-16-13-19(25)9-12-23(16)31-15-18-14-17(8-11-24(18)30-2)7-10-22(27)20-5-3-4-6-21(20)26(28)29/h3-14H,15H2,1-2H3/b10-7+. The Morgan fingerprint density at radius 1 is 1.10 bits per heavy atom. The molecule has 0 atom stereocenters. The van der Waals surface area contributed by atoms with Crippen molar-refractivity contribution in [1.29, 1.82) is 0 Å². The number of halogens is 1. The van der Waals surface area contributed by atoms with Crippen molar-refractivity contribution in [1.82, 2.24) is 0 Å². The van der Waals surface area contributed by atoms with Crippen LogP contribution in [0.4, 0.5) is 5.69 Å². The molecule has 0 saturated heterocycles. The van der Waals surface area contributed by atoms with Crippen LogP contribution in [-0.2, 0) is 6.61 Å². The lowest BCUT2D eigenvalue weighted by Gasteiger charge is -2.13. The van der Waals surface area contributed by atoms with Gasteiger partial charge in [0.2, 0.25) is 0 Å². The highest BCUT2D eigenvalue weighted by molar-refractivity contribution is 6.30. The lowest BCUT2D eigenvalue weighted by molar-refractivity contribution is -0.385. The zero-order valence-corrected chi connectivity index (χ0v) is 17.8. The van der Waals surface area contributed by atoms with Crippen molar-refractivity contribution < 1.29 is 19.2 Å². The number of ether oxygens (including phenoxy) is 2. The van der Waals surface area contributed by atoms with Crippen LogP contribution in [0.2, 0.25) is 5.02 Å². The third-order valence-electron chi connectivity index (χ3n) is 4.62. The highest BCUT2D eigenvalue weighted by Gasteiger charge is 2.17. The second-order valence-electron chi connectivity index (χ2n) is 6.74. The molecular weight excluding hydrogens is 418 g/mol. The van der Waals surface area contributed by atoms with Gasteiger partial charge in [0, 0.05) is 16.7 Å². The Morgan fingerprint density at radius 2 is 1.84 bits per heavy atom. The highest BCUT2D eigenvalue weighted by Crippen LogP contribution is 2.26. The van der Waals surface area contributed by atoms with Crippen LogP contribution in [0.3, 0.4) is 0 Å². The van der Waals surface area contributed by atoms with Crippen LogP contribution < -0.4 is 9.47 Å². The molecule has 31 heavy (non-hydrogen) atoms. The Balaban J connectivity index is 1.80. The molecule has 0 aliphatic rings. The van der Waals surface area contributed by atoms with Gasteiger partial charge in [0.15, 0.2) is 5.78 Å². The fourth-order valence-corrected chi connectivity index (χ4v) is 3.27. The normalized spacial score (nSPS) is 10.8. The number of allylic oxidation sites excluding steroid dienone is 1. The minimum absolute atomic E-state index is 0.0408. The van der Waals surface area contributed by atoms with E-state index >= 15 is 0 Å². The molecule has 0 aromatic heterocycles. The SMILES string of the molecule is COc1ccc(/C=C/C(=O)c2ccccc2[N+](=O)[O-])cc1COc1ccc(Cl)cc1C. The summed E-state index contributed by atoms with van der Waals surface area (Å²) in [5.74, 6) is 0.908. The first-order valence-corrected chi connectivity index (χ1v) is 9.78. The summed E-state index contributed by atoms with van der Waals surface area (Å²) in [5, 5.41) is 11.8. The minimum Gasteiger partial charge on any atom is -0.496 e. The maximum Gasteiger partial charge on any atom is 0.280 e. The summed E-state index contributed by atoms with van der Waals surface area (Å²) in [7, 11) is 1.57. The maximum absolute atomic E-state index is 12.5. The molecule has 3 aromatic rings. The fraction of sp³-hybridized carbons (Fsp3) is 0.125. The average Bonchev–Trinajstić information content (AvgIpc) is 2.76. The van der Waals surface area contributed by atoms with E-state index in [1.54, 1.807) is 43.5 Å². The number of nitrogens with zero attached hydrogens (tertiary/aromatic N) is 1. The van der Waals surface area contributed by atoms with Crippen molar-refractivity contribution in [3.05, 3.63) is 104 Å². The van der Waals surface area contributed by atoms with Gasteiger partial charge in [-0.2, -0.15) is 0 Å². The molecule has 0 radical (unpaired) electrons. The number of nitro benzene ring substituents is 1. The van der Waals surface area contributed by atoms with Gasteiger partial charge in [-0.15, -0.1) is 0 Å². The first-order chi connectivity index (χ1) is 14.9. The molecule has 0 spiro atoms. The Morgan fingerprint density at radius 3 is 2.55 bits per heavy atom. The van der Waals surface area contributed by atoms with Crippen LogP contribution in [0.5, 0.6) is 11.5 Å². The Kier molecular flexibility index (Phi) is 7.05. The first-order valence-electron chi connectivity index (χ1n) is 9.40. The molecule has 0 aliphatic carbocycles. The molecule has 3 rings (SSSR count). The average molecular weight is 438 g/mol. The number of para-hydroxylation sites is 1. The topological polar surface area (TPSA) is 78.7 Å². The number of ketones is 1. The molecule has 158 valence electrons. The van der Waals surface area contributed by atoms with E-state index in [9.17, 15) is 14.9 Å². The van der Waals surface area contributed by atoms with Gasteiger partial charge < -0.3 is 9.47 Å². The number of methoxy groups -OCH3 is 1. The van der Waals surface area contributed by atoms with Crippen LogP contribution in [0.15, 0.2) is 66.7 Å². The molecule has 0 fully saturated rings. The number of hydrogen-bond donors (Lipinski definition) is 0.